The zero-order chi connectivity index (χ0) is 32.5. The van der Waals surface area contributed by atoms with Crippen molar-refractivity contribution in [2.24, 2.45) is 7.05 Å². The van der Waals surface area contributed by atoms with E-state index in [-0.39, 0.29) is 23.8 Å². The molecule has 1 aromatic heterocycles. The molecule has 0 bridgehead atoms. The first-order valence-corrected chi connectivity index (χ1v) is 16.4. The van der Waals surface area contributed by atoms with Crippen LogP contribution in [0.15, 0.2) is 127 Å². The molecule has 3 heterocycles. The zero-order valence-corrected chi connectivity index (χ0v) is 26.8. The lowest BCUT2D eigenvalue weighted by Crippen LogP contribution is -2.63. The van der Waals surface area contributed by atoms with Gasteiger partial charge in [-0.25, -0.2) is 8.78 Å². The van der Waals surface area contributed by atoms with Crippen LogP contribution >= 0.6 is 0 Å². The van der Waals surface area contributed by atoms with Gasteiger partial charge >= 0.3 is 0 Å². The molecule has 0 radical (unpaired) electrons. The average molecular weight is 626 g/mol. The van der Waals surface area contributed by atoms with E-state index in [1.165, 1.54) is 39.8 Å². The smallest absolute Gasteiger partial charge is 0.273 e. The van der Waals surface area contributed by atoms with E-state index >= 15 is 8.78 Å². The number of aryl methyl sites for hydroxylation is 1. The Balaban J connectivity index is 1.40. The molecule has 0 fully saturated rings. The molecule has 0 unspecified atom stereocenters. The Morgan fingerprint density at radius 1 is 0.583 bits per heavy atom. The highest BCUT2D eigenvalue weighted by Crippen LogP contribution is 2.52. The highest BCUT2D eigenvalue weighted by atomic mass is 19.1. The number of halogens is 2. The standard InChI is InChI=1S/C42H30BF2N3/c1-42(2)31-17-6-4-15-29(31)37-32(42)21-22-36-39(37)43-38-34(47(36)27-13-8-11-25(44)23-27)19-10-20-35(38)48(28-14-9-12-26(45)24-28)40-30-16-5-7-18-33(30)46(3)41(40)43/h4-24H,1-3H3. The molecule has 0 spiro atoms. The Labute approximate surface area is 278 Å². The topological polar surface area (TPSA) is 11.4 Å². The first-order chi connectivity index (χ1) is 23.3. The molecule has 0 saturated carbocycles. The van der Waals surface area contributed by atoms with Crippen LogP contribution in [0.2, 0.25) is 0 Å². The van der Waals surface area contributed by atoms with E-state index in [0.717, 1.165) is 56.1 Å². The molecule has 6 aromatic carbocycles. The molecular formula is C42H30BF2N3. The molecule has 0 amide bonds. The van der Waals surface area contributed by atoms with Crippen LogP contribution in [-0.4, -0.2) is 11.3 Å². The molecule has 0 atom stereocenters. The van der Waals surface area contributed by atoms with E-state index in [2.05, 4.69) is 114 Å². The molecule has 1 aliphatic carbocycles. The molecule has 10 rings (SSSR count). The summed E-state index contributed by atoms with van der Waals surface area (Å²) in [6, 6.07) is 41.9. The fraction of sp³-hybridized carbons (Fsp3) is 0.0952. The van der Waals surface area contributed by atoms with Crippen LogP contribution in [0.1, 0.15) is 25.0 Å². The molecule has 6 heteroatoms. The Morgan fingerprint density at radius 3 is 1.96 bits per heavy atom. The second-order valence-corrected chi connectivity index (χ2v) is 13.7. The summed E-state index contributed by atoms with van der Waals surface area (Å²) in [4.78, 5) is 4.45. The van der Waals surface area contributed by atoms with Crippen LogP contribution in [0.25, 0.3) is 22.0 Å². The molecule has 230 valence electrons. The minimum absolute atomic E-state index is 0.148. The Bertz CT molecular complexity index is 2510. The van der Waals surface area contributed by atoms with Gasteiger partial charge in [0, 0.05) is 57.4 Å². The number of fused-ring (bicyclic) bond motifs is 10. The van der Waals surface area contributed by atoms with E-state index in [1.54, 1.807) is 24.3 Å². The van der Waals surface area contributed by atoms with Gasteiger partial charge in [0.2, 0.25) is 0 Å². The number of hydrogen-bond acceptors (Lipinski definition) is 2. The van der Waals surface area contributed by atoms with Crippen molar-refractivity contribution in [3.8, 4) is 11.1 Å². The van der Waals surface area contributed by atoms with Crippen molar-refractivity contribution < 1.29 is 8.78 Å². The number of para-hydroxylation sites is 1. The fourth-order valence-electron chi connectivity index (χ4n) is 8.93. The van der Waals surface area contributed by atoms with E-state index < -0.39 is 0 Å². The van der Waals surface area contributed by atoms with Crippen molar-refractivity contribution in [3.63, 3.8) is 0 Å². The Morgan fingerprint density at radius 2 is 1.21 bits per heavy atom. The maximum atomic E-state index is 15.0. The van der Waals surface area contributed by atoms with Gasteiger partial charge in [-0.3, -0.25) is 0 Å². The Kier molecular flexibility index (Phi) is 5.43. The highest BCUT2D eigenvalue weighted by Gasteiger charge is 2.49. The third-order valence-electron chi connectivity index (χ3n) is 10.9. The minimum atomic E-state index is -0.287. The van der Waals surface area contributed by atoms with Gasteiger partial charge in [0.15, 0.2) is 0 Å². The van der Waals surface area contributed by atoms with Crippen molar-refractivity contribution in [2.75, 3.05) is 9.80 Å². The molecule has 7 aromatic rings. The quantitative estimate of drug-likeness (QED) is 0.178. The van der Waals surface area contributed by atoms with Gasteiger partial charge in [0.05, 0.1) is 5.69 Å². The summed E-state index contributed by atoms with van der Waals surface area (Å²) in [5.41, 5.74) is 15.0. The molecule has 2 aliphatic heterocycles. The summed E-state index contributed by atoms with van der Waals surface area (Å²) in [6.07, 6.45) is 0. The largest absolute Gasteiger partial charge is 0.353 e. The number of benzene rings is 6. The molecule has 0 N–H and O–H groups in total. The van der Waals surface area contributed by atoms with Crippen molar-refractivity contribution in [3.05, 3.63) is 150 Å². The van der Waals surface area contributed by atoms with Crippen molar-refractivity contribution in [1.82, 2.24) is 4.57 Å². The summed E-state index contributed by atoms with van der Waals surface area (Å²) in [6.45, 7) is 4.47. The van der Waals surface area contributed by atoms with Crippen LogP contribution in [0.4, 0.5) is 42.9 Å². The van der Waals surface area contributed by atoms with Gasteiger partial charge in [-0.05, 0) is 93.8 Å². The van der Waals surface area contributed by atoms with Crippen molar-refractivity contribution >= 4 is 68.3 Å². The van der Waals surface area contributed by atoms with Crippen molar-refractivity contribution in [2.45, 2.75) is 19.3 Å². The van der Waals surface area contributed by atoms with Gasteiger partial charge in [-0.2, -0.15) is 0 Å². The van der Waals surface area contributed by atoms with Crippen LogP contribution in [0.3, 0.4) is 0 Å². The average Bonchev–Trinajstić information content (AvgIpc) is 3.52. The molecule has 3 aliphatic rings. The number of anilines is 6. The van der Waals surface area contributed by atoms with E-state index in [4.69, 9.17) is 0 Å². The van der Waals surface area contributed by atoms with E-state index in [0.29, 0.717) is 0 Å². The first-order valence-electron chi connectivity index (χ1n) is 16.4. The predicted octanol–water partition coefficient (Wildman–Crippen LogP) is 8.85. The lowest BCUT2D eigenvalue weighted by atomic mass is 9.34. The predicted molar refractivity (Wildman–Crippen MR) is 194 cm³/mol. The normalized spacial score (nSPS) is 14.8. The second-order valence-electron chi connectivity index (χ2n) is 13.7. The van der Waals surface area contributed by atoms with Crippen LogP contribution < -0.4 is 26.3 Å². The molecule has 0 saturated heterocycles. The summed E-state index contributed by atoms with van der Waals surface area (Å²) in [5.74, 6) is -0.574. The zero-order valence-electron chi connectivity index (χ0n) is 26.8. The summed E-state index contributed by atoms with van der Waals surface area (Å²) < 4.78 is 32.4. The maximum absolute atomic E-state index is 15.0. The fourth-order valence-corrected chi connectivity index (χ4v) is 8.93. The number of nitrogens with zero attached hydrogens (tertiary/aromatic N) is 3. The summed E-state index contributed by atoms with van der Waals surface area (Å²) in [7, 11) is 2.15. The number of hydrogen-bond donors (Lipinski definition) is 0. The first kappa shape index (κ1) is 27.5. The number of rotatable bonds is 2. The SMILES string of the molecule is Cn1c2c(c3ccccc31)N(c1cccc(F)c1)c1cccc3c1B2c1c(ccc2c1-c1ccccc1C2(C)C)N3c1cccc(F)c1. The minimum Gasteiger partial charge on any atom is -0.353 e. The maximum Gasteiger partial charge on any atom is 0.273 e. The van der Waals surface area contributed by atoms with Gasteiger partial charge in [0.1, 0.15) is 11.6 Å². The Hall–Kier alpha value is -5.62. The second kappa shape index (κ2) is 9.48. The monoisotopic (exact) mass is 625 g/mol. The van der Waals surface area contributed by atoms with Gasteiger partial charge < -0.3 is 14.4 Å². The highest BCUT2D eigenvalue weighted by molar-refractivity contribution is 7.01. The van der Waals surface area contributed by atoms with Crippen molar-refractivity contribution in [1.29, 1.82) is 0 Å². The molecule has 3 nitrogen and oxygen atoms in total. The van der Waals surface area contributed by atoms with Crippen LogP contribution in [-0.2, 0) is 12.5 Å². The third-order valence-corrected chi connectivity index (χ3v) is 10.9. The summed E-state index contributed by atoms with van der Waals surface area (Å²) in [5, 5.41) is 1.11. The van der Waals surface area contributed by atoms with Gasteiger partial charge in [-0.1, -0.05) is 80.6 Å². The van der Waals surface area contributed by atoms with Crippen LogP contribution in [0, 0.1) is 11.6 Å². The van der Waals surface area contributed by atoms with Gasteiger partial charge in [0.25, 0.3) is 6.71 Å². The summed E-state index contributed by atoms with van der Waals surface area (Å²) >= 11 is 0. The van der Waals surface area contributed by atoms with Crippen LogP contribution in [0.5, 0.6) is 0 Å². The lowest BCUT2D eigenvalue weighted by molar-refractivity contribution is 0.627. The third kappa shape index (κ3) is 3.42. The lowest BCUT2D eigenvalue weighted by Gasteiger charge is -2.44. The molecular weight excluding hydrogens is 595 g/mol. The molecule has 48 heavy (non-hydrogen) atoms. The van der Waals surface area contributed by atoms with E-state index in [9.17, 15) is 0 Å². The van der Waals surface area contributed by atoms with E-state index in [1.807, 2.05) is 12.1 Å². The van der Waals surface area contributed by atoms with Gasteiger partial charge in [-0.15, -0.1) is 0 Å². The number of aromatic nitrogens is 1.